The molecule has 116 valence electrons. The molecule has 2 aliphatic heterocycles. The zero-order valence-electron chi connectivity index (χ0n) is 12.7. The maximum absolute atomic E-state index is 12.9. The van der Waals surface area contributed by atoms with E-state index in [1.54, 1.807) is 12.0 Å². The minimum atomic E-state index is -0.195. The van der Waals surface area contributed by atoms with Crippen molar-refractivity contribution in [1.29, 1.82) is 0 Å². The number of hydrogen-bond acceptors (Lipinski definition) is 3. The lowest BCUT2D eigenvalue weighted by Crippen LogP contribution is -2.39. The Kier molecular flexibility index (Phi) is 3.31. The van der Waals surface area contributed by atoms with Gasteiger partial charge in [-0.15, -0.1) is 0 Å². The number of fused-ring (bicyclic) bond motifs is 2. The van der Waals surface area contributed by atoms with Crippen LogP contribution in [0.3, 0.4) is 0 Å². The predicted octanol–water partition coefficient (Wildman–Crippen LogP) is 2.75. The number of hydrogen-bond donors (Lipinski definition) is 0. The van der Waals surface area contributed by atoms with Crippen molar-refractivity contribution in [1.82, 2.24) is 4.90 Å². The fraction of sp³-hybridized carbons (Fsp3) is 0.222. The molecule has 0 aromatic heterocycles. The Balaban J connectivity index is 1.68. The molecule has 4 nitrogen and oxygen atoms in total. The standard InChI is InChI=1S/C18H16N2O2S/c1-22-15-8-6-14(7-9-15)20-17(21)16-10-12-4-2-3-5-13(12)11-19(16)18(20)23/h2-9,16H,10-11H2,1H3. The molecule has 2 heterocycles. The minimum absolute atomic E-state index is 0.0506. The van der Waals surface area contributed by atoms with Crippen molar-refractivity contribution in [2.45, 2.75) is 19.0 Å². The van der Waals surface area contributed by atoms with Crippen LogP contribution in [-0.2, 0) is 17.8 Å². The molecule has 2 aromatic rings. The van der Waals surface area contributed by atoms with E-state index in [-0.39, 0.29) is 11.9 Å². The molecule has 1 fully saturated rings. The van der Waals surface area contributed by atoms with E-state index in [9.17, 15) is 4.79 Å². The second-order valence-corrected chi connectivity index (χ2v) is 6.14. The summed E-state index contributed by atoms with van der Waals surface area (Å²) in [7, 11) is 1.62. The zero-order valence-corrected chi connectivity index (χ0v) is 13.5. The van der Waals surface area contributed by atoms with Crippen LogP contribution >= 0.6 is 12.2 Å². The molecule has 1 atom stereocenters. The summed E-state index contributed by atoms with van der Waals surface area (Å²) in [5, 5.41) is 0.583. The quantitative estimate of drug-likeness (QED) is 0.795. The van der Waals surface area contributed by atoms with Gasteiger partial charge in [-0.1, -0.05) is 24.3 Å². The van der Waals surface area contributed by atoms with Gasteiger partial charge >= 0.3 is 0 Å². The van der Waals surface area contributed by atoms with Gasteiger partial charge in [-0.05, 0) is 47.6 Å². The third-order valence-corrected chi connectivity index (χ3v) is 4.94. The number of methoxy groups -OCH3 is 1. The molecule has 4 rings (SSSR count). The summed E-state index contributed by atoms with van der Waals surface area (Å²) in [6.45, 7) is 0.693. The van der Waals surface area contributed by atoms with Gasteiger partial charge in [0.15, 0.2) is 5.11 Å². The Morgan fingerprint density at radius 3 is 2.48 bits per heavy atom. The Hall–Kier alpha value is -2.40. The highest BCUT2D eigenvalue weighted by atomic mass is 32.1. The number of carbonyl (C=O) groups excluding carboxylic acids is 1. The van der Waals surface area contributed by atoms with Crippen LogP contribution in [0.5, 0.6) is 5.75 Å². The number of amides is 1. The van der Waals surface area contributed by atoms with Crippen LogP contribution in [0, 0.1) is 0 Å². The van der Waals surface area contributed by atoms with E-state index in [0.29, 0.717) is 18.1 Å². The molecule has 0 radical (unpaired) electrons. The molecule has 1 saturated heterocycles. The second-order valence-electron chi connectivity index (χ2n) is 5.77. The van der Waals surface area contributed by atoms with Crippen LogP contribution < -0.4 is 9.64 Å². The highest BCUT2D eigenvalue weighted by Crippen LogP contribution is 2.33. The SMILES string of the molecule is COc1ccc(N2C(=O)C3Cc4ccccc4CN3C2=S)cc1. The van der Waals surface area contributed by atoms with E-state index in [1.165, 1.54) is 11.1 Å². The number of thiocarbonyl (C=S) groups is 1. The van der Waals surface area contributed by atoms with Gasteiger partial charge in [0.1, 0.15) is 11.8 Å². The fourth-order valence-electron chi connectivity index (χ4n) is 3.29. The number of ether oxygens (including phenoxy) is 1. The second kappa shape index (κ2) is 5.35. The fourth-order valence-corrected chi connectivity index (χ4v) is 3.67. The van der Waals surface area contributed by atoms with Crippen LogP contribution in [0.4, 0.5) is 5.69 Å². The normalized spacial score (nSPS) is 19.6. The van der Waals surface area contributed by atoms with Gasteiger partial charge in [0, 0.05) is 13.0 Å². The first-order valence-electron chi connectivity index (χ1n) is 7.54. The van der Waals surface area contributed by atoms with Gasteiger partial charge in [-0.2, -0.15) is 0 Å². The van der Waals surface area contributed by atoms with Crippen LogP contribution in [0.25, 0.3) is 0 Å². The first kappa shape index (κ1) is 14.2. The smallest absolute Gasteiger partial charge is 0.256 e. The summed E-state index contributed by atoms with van der Waals surface area (Å²) < 4.78 is 5.18. The number of carbonyl (C=O) groups is 1. The summed E-state index contributed by atoms with van der Waals surface area (Å²) in [4.78, 5) is 16.6. The van der Waals surface area contributed by atoms with Gasteiger partial charge in [-0.3, -0.25) is 9.69 Å². The Morgan fingerprint density at radius 2 is 1.78 bits per heavy atom. The number of nitrogens with zero attached hydrogens (tertiary/aromatic N) is 2. The monoisotopic (exact) mass is 324 g/mol. The topological polar surface area (TPSA) is 32.8 Å². The third-order valence-electron chi connectivity index (χ3n) is 4.52. The lowest BCUT2D eigenvalue weighted by Gasteiger charge is -2.30. The van der Waals surface area contributed by atoms with E-state index in [0.717, 1.165) is 11.4 Å². The van der Waals surface area contributed by atoms with Crippen molar-refractivity contribution in [3.8, 4) is 5.75 Å². The van der Waals surface area contributed by atoms with Gasteiger partial charge in [0.2, 0.25) is 0 Å². The lowest BCUT2D eigenvalue weighted by molar-refractivity contribution is -0.119. The molecule has 2 aromatic carbocycles. The molecule has 0 bridgehead atoms. The molecule has 0 saturated carbocycles. The van der Waals surface area contributed by atoms with Crippen LogP contribution in [-0.4, -0.2) is 29.1 Å². The van der Waals surface area contributed by atoms with Crippen molar-refractivity contribution >= 4 is 28.9 Å². The molecule has 1 amide bonds. The van der Waals surface area contributed by atoms with Crippen molar-refractivity contribution in [3.63, 3.8) is 0 Å². The maximum atomic E-state index is 12.9. The number of anilines is 1. The average Bonchev–Trinajstić information content (AvgIpc) is 2.84. The Labute approximate surface area is 140 Å². The molecule has 5 heteroatoms. The molecule has 0 spiro atoms. The van der Waals surface area contributed by atoms with E-state index >= 15 is 0 Å². The van der Waals surface area contributed by atoms with Gasteiger partial charge in [-0.25, -0.2) is 0 Å². The lowest BCUT2D eigenvalue weighted by atomic mass is 9.95. The average molecular weight is 324 g/mol. The predicted molar refractivity (Wildman–Crippen MR) is 92.6 cm³/mol. The van der Waals surface area contributed by atoms with Crippen LogP contribution in [0.2, 0.25) is 0 Å². The number of rotatable bonds is 2. The first-order chi connectivity index (χ1) is 11.2. The summed E-state index contributed by atoms with van der Waals surface area (Å²) in [5.74, 6) is 0.811. The summed E-state index contributed by atoms with van der Waals surface area (Å²) in [5.41, 5.74) is 3.27. The molecular weight excluding hydrogens is 308 g/mol. The van der Waals surface area contributed by atoms with Gasteiger partial charge in [0.25, 0.3) is 5.91 Å². The number of benzene rings is 2. The molecule has 0 N–H and O–H groups in total. The van der Waals surface area contributed by atoms with Crippen LogP contribution in [0.15, 0.2) is 48.5 Å². The summed E-state index contributed by atoms with van der Waals surface area (Å²) >= 11 is 5.59. The largest absolute Gasteiger partial charge is 0.497 e. The van der Waals surface area contributed by atoms with Crippen LogP contribution in [0.1, 0.15) is 11.1 Å². The van der Waals surface area contributed by atoms with E-state index < -0.39 is 0 Å². The summed E-state index contributed by atoms with van der Waals surface area (Å²) in [6.07, 6.45) is 0.710. The highest BCUT2D eigenvalue weighted by molar-refractivity contribution is 7.80. The molecule has 2 aliphatic rings. The highest BCUT2D eigenvalue weighted by Gasteiger charge is 2.45. The van der Waals surface area contributed by atoms with Crippen molar-refractivity contribution in [3.05, 3.63) is 59.7 Å². The molecular formula is C18H16N2O2S. The van der Waals surface area contributed by atoms with Gasteiger partial charge < -0.3 is 9.64 Å². The molecule has 23 heavy (non-hydrogen) atoms. The Morgan fingerprint density at radius 1 is 1.09 bits per heavy atom. The van der Waals surface area contributed by atoms with Crippen molar-refractivity contribution in [2.75, 3.05) is 12.0 Å². The Bertz CT molecular complexity index is 745. The van der Waals surface area contributed by atoms with Crippen molar-refractivity contribution < 1.29 is 9.53 Å². The third kappa shape index (κ3) is 2.19. The minimum Gasteiger partial charge on any atom is -0.497 e. The van der Waals surface area contributed by atoms with E-state index in [2.05, 4.69) is 12.1 Å². The van der Waals surface area contributed by atoms with E-state index in [4.69, 9.17) is 17.0 Å². The molecule has 1 unspecified atom stereocenters. The summed E-state index contributed by atoms with van der Waals surface area (Å²) in [6, 6.07) is 15.5. The first-order valence-corrected chi connectivity index (χ1v) is 7.95. The van der Waals surface area contributed by atoms with Crippen molar-refractivity contribution in [2.24, 2.45) is 0 Å². The maximum Gasteiger partial charge on any atom is 0.256 e. The van der Waals surface area contributed by atoms with Gasteiger partial charge in [0.05, 0.1) is 12.8 Å². The van der Waals surface area contributed by atoms with E-state index in [1.807, 2.05) is 41.3 Å². The zero-order chi connectivity index (χ0) is 16.0. The molecule has 0 aliphatic carbocycles.